The predicted octanol–water partition coefficient (Wildman–Crippen LogP) is 4.63. The Hall–Kier alpha value is -2.55. The van der Waals surface area contributed by atoms with E-state index in [1.54, 1.807) is 12.3 Å². The molecule has 0 aliphatic heterocycles. The third-order valence-corrected chi connectivity index (χ3v) is 4.03. The highest BCUT2D eigenvalue weighted by molar-refractivity contribution is 6.12. The Labute approximate surface area is 136 Å². The Morgan fingerprint density at radius 2 is 1.74 bits per heavy atom. The van der Waals surface area contributed by atoms with Crippen LogP contribution in [0.3, 0.4) is 0 Å². The van der Waals surface area contributed by atoms with Gasteiger partial charge in [-0.05, 0) is 38.1 Å². The van der Waals surface area contributed by atoms with Gasteiger partial charge in [0.25, 0.3) is 0 Å². The molecule has 0 aliphatic rings. The zero-order valence-electron chi connectivity index (χ0n) is 14.1. The molecule has 0 aliphatic carbocycles. The van der Waals surface area contributed by atoms with Gasteiger partial charge in [0.05, 0.1) is 0 Å². The summed E-state index contributed by atoms with van der Waals surface area (Å²) >= 11 is 0. The fraction of sp³-hybridized carbons (Fsp3) is 0.250. The fourth-order valence-electron chi connectivity index (χ4n) is 3.03. The van der Waals surface area contributed by atoms with Crippen molar-refractivity contribution in [2.24, 2.45) is 0 Å². The molecule has 0 amide bonds. The number of hydrogen-bond donors (Lipinski definition) is 0. The second kappa shape index (κ2) is 5.92. The number of carbonyl (C=O) groups excluding carboxylic acids is 1. The Bertz CT molecular complexity index is 901. The van der Waals surface area contributed by atoms with Crippen molar-refractivity contribution in [1.29, 1.82) is 0 Å². The standard InChI is InChI=1S/C20H22N2O/c1-14(2)22-18-8-6-5-7-16(18)17-13-15(9-10-19(17)22)20(23)11-12-21(3)4/h5-14H,1-4H3. The summed E-state index contributed by atoms with van der Waals surface area (Å²) in [6.07, 6.45) is 3.40. The van der Waals surface area contributed by atoms with E-state index in [1.165, 1.54) is 16.4 Å². The number of nitrogens with zero attached hydrogens (tertiary/aromatic N) is 2. The van der Waals surface area contributed by atoms with Gasteiger partial charge in [0.1, 0.15) is 0 Å². The van der Waals surface area contributed by atoms with Gasteiger partial charge in [-0.15, -0.1) is 0 Å². The Morgan fingerprint density at radius 1 is 1.04 bits per heavy atom. The molecule has 0 saturated carbocycles. The molecular weight excluding hydrogens is 284 g/mol. The molecule has 23 heavy (non-hydrogen) atoms. The minimum atomic E-state index is 0.0296. The van der Waals surface area contributed by atoms with E-state index in [0.717, 1.165) is 10.9 Å². The Balaban J connectivity index is 2.21. The number of para-hydroxylation sites is 1. The molecule has 3 nitrogen and oxygen atoms in total. The van der Waals surface area contributed by atoms with Crippen LogP contribution in [0.15, 0.2) is 54.7 Å². The van der Waals surface area contributed by atoms with E-state index in [-0.39, 0.29) is 5.78 Å². The van der Waals surface area contributed by atoms with Crippen LogP contribution in [-0.4, -0.2) is 29.3 Å². The average molecular weight is 306 g/mol. The van der Waals surface area contributed by atoms with Gasteiger partial charge in [0.15, 0.2) is 5.78 Å². The molecule has 1 heterocycles. The molecule has 2 aromatic carbocycles. The lowest BCUT2D eigenvalue weighted by Crippen LogP contribution is -2.03. The molecule has 1 aromatic heterocycles. The van der Waals surface area contributed by atoms with Crippen molar-refractivity contribution >= 4 is 27.6 Å². The summed E-state index contributed by atoms with van der Waals surface area (Å²) in [7, 11) is 3.81. The number of rotatable bonds is 4. The maximum absolute atomic E-state index is 12.3. The van der Waals surface area contributed by atoms with Gasteiger partial charge in [0, 0.05) is 59.8 Å². The van der Waals surface area contributed by atoms with E-state index in [0.29, 0.717) is 6.04 Å². The van der Waals surface area contributed by atoms with Crippen molar-refractivity contribution in [3.05, 3.63) is 60.3 Å². The molecule has 0 unspecified atom stereocenters. The first kappa shape index (κ1) is 15.3. The van der Waals surface area contributed by atoms with E-state index < -0.39 is 0 Å². The lowest BCUT2D eigenvalue weighted by Gasteiger charge is -2.11. The summed E-state index contributed by atoms with van der Waals surface area (Å²) in [5, 5.41) is 2.33. The molecule has 0 saturated heterocycles. The van der Waals surface area contributed by atoms with E-state index in [9.17, 15) is 4.79 Å². The van der Waals surface area contributed by atoms with Gasteiger partial charge in [-0.25, -0.2) is 0 Å². The summed E-state index contributed by atoms with van der Waals surface area (Å²) in [5.41, 5.74) is 3.11. The third kappa shape index (κ3) is 2.74. The van der Waals surface area contributed by atoms with Gasteiger partial charge in [-0.3, -0.25) is 4.79 Å². The fourth-order valence-corrected chi connectivity index (χ4v) is 3.03. The normalized spacial score (nSPS) is 11.9. The van der Waals surface area contributed by atoms with Crippen LogP contribution >= 0.6 is 0 Å². The van der Waals surface area contributed by atoms with Crippen LogP contribution in [0.5, 0.6) is 0 Å². The minimum Gasteiger partial charge on any atom is -0.383 e. The topological polar surface area (TPSA) is 25.2 Å². The van der Waals surface area contributed by atoms with Crippen LogP contribution in [0, 0.1) is 0 Å². The number of hydrogen-bond acceptors (Lipinski definition) is 2. The highest BCUT2D eigenvalue weighted by Gasteiger charge is 2.14. The highest BCUT2D eigenvalue weighted by Crippen LogP contribution is 2.32. The van der Waals surface area contributed by atoms with Crippen molar-refractivity contribution in [2.75, 3.05) is 14.1 Å². The number of fused-ring (bicyclic) bond motifs is 3. The summed E-state index contributed by atoms with van der Waals surface area (Å²) in [6, 6.07) is 14.7. The highest BCUT2D eigenvalue weighted by atomic mass is 16.1. The third-order valence-electron chi connectivity index (χ3n) is 4.03. The van der Waals surface area contributed by atoms with Crippen LogP contribution in [0.1, 0.15) is 30.2 Å². The molecule has 0 N–H and O–H groups in total. The van der Waals surface area contributed by atoms with Crippen LogP contribution in [0.4, 0.5) is 0 Å². The van der Waals surface area contributed by atoms with Gasteiger partial charge in [0.2, 0.25) is 0 Å². The molecule has 3 heteroatoms. The first-order chi connectivity index (χ1) is 11.0. The second-order valence-electron chi connectivity index (χ2n) is 6.36. The first-order valence-corrected chi connectivity index (χ1v) is 7.90. The lowest BCUT2D eigenvalue weighted by molar-refractivity contribution is 0.104. The van der Waals surface area contributed by atoms with Crippen LogP contribution in [0.2, 0.25) is 0 Å². The molecule has 0 spiro atoms. The molecule has 3 rings (SSSR count). The molecule has 0 bridgehead atoms. The first-order valence-electron chi connectivity index (χ1n) is 7.90. The molecule has 3 aromatic rings. The number of allylic oxidation sites excluding steroid dienone is 1. The van der Waals surface area contributed by atoms with Crippen molar-refractivity contribution < 1.29 is 4.79 Å². The van der Waals surface area contributed by atoms with Crippen molar-refractivity contribution in [3.63, 3.8) is 0 Å². The largest absolute Gasteiger partial charge is 0.383 e. The van der Waals surface area contributed by atoms with Gasteiger partial charge in [-0.2, -0.15) is 0 Å². The van der Waals surface area contributed by atoms with E-state index >= 15 is 0 Å². The smallest absolute Gasteiger partial charge is 0.187 e. The van der Waals surface area contributed by atoms with E-state index in [4.69, 9.17) is 0 Å². The molecule has 0 fully saturated rings. The molecule has 0 radical (unpaired) electrons. The van der Waals surface area contributed by atoms with Crippen LogP contribution in [0.25, 0.3) is 21.8 Å². The summed E-state index contributed by atoms with van der Waals surface area (Å²) in [4.78, 5) is 14.2. The molecule has 0 atom stereocenters. The second-order valence-corrected chi connectivity index (χ2v) is 6.36. The van der Waals surface area contributed by atoms with Gasteiger partial charge < -0.3 is 9.47 Å². The summed E-state index contributed by atoms with van der Waals surface area (Å²) in [5.74, 6) is 0.0296. The SMILES string of the molecule is CC(C)n1c2ccccc2c2cc(C(=O)C=CN(C)C)ccc21. The number of carbonyl (C=O) groups is 1. The zero-order valence-corrected chi connectivity index (χ0v) is 14.1. The van der Waals surface area contributed by atoms with Crippen molar-refractivity contribution in [1.82, 2.24) is 9.47 Å². The maximum atomic E-state index is 12.3. The average Bonchev–Trinajstić information content (AvgIpc) is 2.86. The van der Waals surface area contributed by atoms with E-state index in [1.807, 2.05) is 37.2 Å². The monoisotopic (exact) mass is 306 g/mol. The van der Waals surface area contributed by atoms with Crippen molar-refractivity contribution in [3.8, 4) is 0 Å². The zero-order chi connectivity index (χ0) is 16.6. The Kier molecular flexibility index (Phi) is 3.95. The number of benzene rings is 2. The van der Waals surface area contributed by atoms with Gasteiger partial charge in [-0.1, -0.05) is 18.2 Å². The quantitative estimate of drug-likeness (QED) is 0.518. The molecular formula is C20H22N2O. The molecule has 118 valence electrons. The van der Waals surface area contributed by atoms with Crippen LogP contribution in [-0.2, 0) is 0 Å². The summed E-state index contributed by atoms with van der Waals surface area (Å²) < 4.78 is 2.33. The lowest BCUT2D eigenvalue weighted by atomic mass is 10.1. The van der Waals surface area contributed by atoms with Crippen LogP contribution < -0.4 is 0 Å². The minimum absolute atomic E-state index is 0.0296. The Morgan fingerprint density at radius 3 is 2.43 bits per heavy atom. The number of aromatic nitrogens is 1. The predicted molar refractivity (Wildman–Crippen MR) is 97.0 cm³/mol. The number of ketones is 1. The van der Waals surface area contributed by atoms with Crippen molar-refractivity contribution in [2.45, 2.75) is 19.9 Å². The van der Waals surface area contributed by atoms with E-state index in [2.05, 4.69) is 42.7 Å². The maximum Gasteiger partial charge on any atom is 0.187 e. The van der Waals surface area contributed by atoms with Gasteiger partial charge >= 0.3 is 0 Å². The summed E-state index contributed by atoms with van der Waals surface area (Å²) in [6.45, 7) is 4.37.